The van der Waals surface area contributed by atoms with Crippen molar-refractivity contribution in [1.82, 2.24) is 5.32 Å². The number of carboxylic acids is 1. The topological polar surface area (TPSA) is 70.9 Å². The molecule has 0 aromatic rings. The molecule has 0 fully saturated rings. The highest BCUT2D eigenvalue weighted by molar-refractivity contribution is 6.25. The van der Waals surface area contributed by atoms with Crippen LogP contribution in [0.15, 0.2) is 64.9 Å². The monoisotopic (exact) mass is 390 g/mol. The van der Waals surface area contributed by atoms with E-state index in [0.717, 1.165) is 12.8 Å². The van der Waals surface area contributed by atoms with Crippen LogP contribution in [0.5, 0.6) is 0 Å². The number of nitrogens with zero attached hydrogens (tertiary/aromatic N) is 1. The molecule has 0 aliphatic carbocycles. The first-order valence-corrected chi connectivity index (χ1v) is 9.12. The van der Waals surface area contributed by atoms with E-state index >= 15 is 0 Å². The highest BCUT2D eigenvalue weighted by Gasteiger charge is 2.03. The summed E-state index contributed by atoms with van der Waals surface area (Å²) in [7, 11) is 0. The molecular weight excluding hydrogens is 364 g/mol. The van der Waals surface area contributed by atoms with E-state index in [1.165, 1.54) is 11.6 Å². The largest absolute Gasteiger partial charge is 0.481 e. The maximum absolute atomic E-state index is 10.8. The fraction of sp³-hybridized carbons (Fsp3) is 0.333. The van der Waals surface area contributed by atoms with Crippen LogP contribution < -0.4 is 5.32 Å². The summed E-state index contributed by atoms with van der Waals surface area (Å²) in [6, 6.07) is 0.272. The number of hydrogen-bond donors (Lipinski definition) is 2. The maximum Gasteiger partial charge on any atom is 0.307 e. The van der Waals surface area contributed by atoms with Crippen LogP contribution in [0.2, 0.25) is 0 Å². The van der Waals surface area contributed by atoms with Crippen molar-refractivity contribution in [3.05, 3.63) is 59.9 Å². The molecule has 0 aromatic carbocycles. The van der Waals surface area contributed by atoms with Gasteiger partial charge in [0.2, 0.25) is 0 Å². The number of amidine groups is 1. The third-order valence-electron chi connectivity index (χ3n) is 2.77. The fourth-order valence-electron chi connectivity index (χ4n) is 1.54. The number of halogens is 1. The minimum Gasteiger partial charge on any atom is -0.481 e. The van der Waals surface area contributed by atoms with Crippen molar-refractivity contribution >= 4 is 23.6 Å². The minimum absolute atomic E-state index is 0.139. The van der Waals surface area contributed by atoms with Crippen LogP contribution in [-0.4, -0.2) is 30.2 Å². The predicted octanol–water partition coefficient (Wildman–Crippen LogP) is 4.55. The Bertz CT molecular complexity index is 663. The van der Waals surface area contributed by atoms with Gasteiger partial charge in [-0.05, 0) is 31.6 Å². The van der Waals surface area contributed by atoms with Gasteiger partial charge < -0.3 is 15.2 Å². The summed E-state index contributed by atoms with van der Waals surface area (Å²) in [5.74, 6) is 5.40. The third-order valence-corrected chi connectivity index (χ3v) is 2.95. The van der Waals surface area contributed by atoms with Gasteiger partial charge in [-0.2, -0.15) is 0 Å². The number of allylic oxidation sites excluding steroid dienone is 5. The molecule has 27 heavy (non-hydrogen) atoms. The first-order chi connectivity index (χ1) is 13.1. The first kappa shape index (κ1) is 24.3. The lowest BCUT2D eigenvalue weighted by molar-refractivity contribution is -0.136. The number of aliphatic carboxylic acids is 1. The summed E-state index contributed by atoms with van der Waals surface area (Å²) in [5.41, 5.74) is 1.37. The van der Waals surface area contributed by atoms with Gasteiger partial charge in [-0.25, -0.2) is 4.99 Å². The molecule has 0 saturated carbocycles. The lowest BCUT2D eigenvalue weighted by Gasteiger charge is -2.10. The lowest BCUT2D eigenvalue weighted by atomic mass is 10.3. The molecule has 0 amide bonds. The van der Waals surface area contributed by atoms with Gasteiger partial charge in [0.1, 0.15) is 5.76 Å². The van der Waals surface area contributed by atoms with Gasteiger partial charge in [-0.1, -0.05) is 60.7 Å². The number of ether oxygens (including phenoxy) is 1. The number of aliphatic imine (C=N–C) groups is 1. The Morgan fingerprint density at radius 2 is 2.11 bits per heavy atom. The van der Waals surface area contributed by atoms with Gasteiger partial charge >= 0.3 is 5.97 Å². The molecule has 0 aliphatic rings. The van der Waals surface area contributed by atoms with Crippen LogP contribution in [0.3, 0.4) is 0 Å². The number of carbonyl (C=O) groups is 1. The van der Waals surface area contributed by atoms with Crippen molar-refractivity contribution < 1.29 is 14.6 Å². The van der Waals surface area contributed by atoms with Gasteiger partial charge in [0.05, 0.1) is 13.0 Å². The molecule has 0 heterocycles. The molecule has 5 nitrogen and oxygen atoms in total. The van der Waals surface area contributed by atoms with Crippen molar-refractivity contribution in [1.29, 1.82) is 0 Å². The fourth-order valence-corrected chi connectivity index (χ4v) is 1.62. The molecule has 2 N–H and O–H groups in total. The molecule has 0 atom stereocenters. The maximum atomic E-state index is 10.8. The SMILES string of the molecule is C/C=C\CC#C/C=C/CNC(=NC/C=C/Cl)OC(/C=C\CC)=C/CC(=O)O. The van der Waals surface area contributed by atoms with Crippen molar-refractivity contribution in [3.63, 3.8) is 0 Å². The van der Waals surface area contributed by atoms with Gasteiger partial charge in [-0.3, -0.25) is 4.79 Å². The molecule has 0 aromatic heterocycles. The quantitative estimate of drug-likeness (QED) is 0.143. The lowest BCUT2D eigenvalue weighted by Crippen LogP contribution is -2.26. The molecule has 0 saturated heterocycles. The number of nitrogens with one attached hydrogen (secondary N) is 1. The van der Waals surface area contributed by atoms with E-state index in [9.17, 15) is 4.79 Å². The molecule has 6 heteroatoms. The summed E-state index contributed by atoms with van der Waals surface area (Å²) >= 11 is 5.51. The Morgan fingerprint density at radius 3 is 2.78 bits per heavy atom. The van der Waals surface area contributed by atoms with Crippen LogP contribution in [0.4, 0.5) is 0 Å². The highest BCUT2D eigenvalue weighted by Crippen LogP contribution is 2.04. The van der Waals surface area contributed by atoms with Crippen LogP contribution in [0.1, 0.15) is 33.1 Å². The first-order valence-electron chi connectivity index (χ1n) is 8.68. The van der Waals surface area contributed by atoms with Crippen molar-refractivity contribution in [2.24, 2.45) is 4.99 Å². The molecule has 0 spiro atoms. The molecule has 0 unspecified atom stereocenters. The molecule has 0 aliphatic heterocycles. The van der Waals surface area contributed by atoms with Crippen LogP contribution in [0.25, 0.3) is 0 Å². The van der Waals surface area contributed by atoms with Gasteiger partial charge in [0.15, 0.2) is 0 Å². The standard InChI is InChI=1S/C21H27ClN2O3/c1-3-5-7-8-9-10-11-17-23-21(24-18-12-16-22)27-19(13-6-4-2)14-15-20(25)26/h3,5-6,10-14,16H,4,7,15,17-18H2,1-2H3,(H,23,24)(H,25,26)/b5-3-,11-10+,13-6-,16-12+,19-14+. The predicted molar refractivity (Wildman–Crippen MR) is 112 cm³/mol. The summed E-state index contributed by atoms with van der Waals surface area (Å²) in [5, 5.41) is 11.9. The van der Waals surface area contributed by atoms with Crippen molar-refractivity contribution in [2.45, 2.75) is 33.1 Å². The zero-order chi connectivity index (χ0) is 20.2. The van der Waals surface area contributed by atoms with Gasteiger partial charge in [0.25, 0.3) is 6.02 Å². The van der Waals surface area contributed by atoms with Crippen molar-refractivity contribution in [2.75, 3.05) is 13.1 Å². The zero-order valence-corrected chi connectivity index (χ0v) is 16.6. The second-order valence-corrected chi connectivity index (χ2v) is 5.25. The molecule has 146 valence electrons. The number of hydrogen-bond acceptors (Lipinski definition) is 3. The minimum atomic E-state index is -0.933. The molecule has 0 bridgehead atoms. The summed E-state index contributed by atoms with van der Waals surface area (Å²) < 4.78 is 5.70. The van der Waals surface area contributed by atoms with Crippen LogP contribution in [0, 0.1) is 11.8 Å². The Hall–Kier alpha value is -2.71. The van der Waals surface area contributed by atoms with E-state index in [1.807, 2.05) is 38.2 Å². The smallest absolute Gasteiger partial charge is 0.307 e. The second-order valence-electron chi connectivity index (χ2n) is 5.00. The average Bonchev–Trinajstić information content (AvgIpc) is 2.65. The normalized spacial score (nSPS) is 12.9. The molecule has 0 rings (SSSR count). The zero-order valence-electron chi connectivity index (χ0n) is 15.8. The second kappa shape index (κ2) is 18.1. The van der Waals surface area contributed by atoms with E-state index in [1.54, 1.807) is 18.2 Å². The van der Waals surface area contributed by atoms with E-state index < -0.39 is 5.97 Å². The summed E-state index contributed by atoms with van der Waals surface area (Å²) in [6.07, 6.45) is 15.7. The van der Waals surface area contributed by atoms with Gasteiger partial charge in [-0.15, -0.1) is 0 Å². The number of rotatable bonds is 10. The van der Waals surface area contributed by atoms with E-state index in [2.05, 4.69) is 22.2 Å². The molecular formula is C21H27ClN2O3. The Morgan fingerprint density at radius 1 is 1.30 bits per heavy atom. The average molecular weight is 391 g/mol. The van der Waals surface area contributed by atoms with E-state index in [0.29, 0.717) is 18.8 Å². The number of carboxylic acid groups (broad SMARTS) is 1. The van der Waals surface area contributed by atoms with E-state index in [4.69, 9.17) is 21.4 Å². The molecule has 0 radical (unpaired) electrons. The summed E-state index contributed by atoms with van der Waals surface area (Å²) in [6.45, 7) is 4.73. The Balaban J connectivity index is 4.94. The van der Waals surface area contributed by atoms with Crippen molar-refractivity contribution in [3.8, 4) is 11.8 Å². The summed E-state index contributed by atoms with van der Waals surface area (Å²) in [4.78, 5) is 15.0. The van der Waals surface area contributed by atoms with Crippen LogP contribution in [-0.2, 0) is 9.53 Å². The Labute approximate surface area is 166 Å². The van der Waals surface area contributed by atoms with E-state index in [-0.39, 0.29) is 12.4 Å². The van der Waals surface area contributed by atoms with Gasteiger partial charge in [0, 0.05) is 18.5 Å². The Kier molecular flexibility index (Phi) is 16.3. The van der Waals surface area contributed by atoms with Crippen LogP contribution >= 0.6 is 11.6 Å². The third kappa shape index (κ3) is 16.5. The highest BCUT2D eigenvalue weighted by atomic mass is 35.5.